The molecular weight excluding hydrogens is 370 g/mol. The Morgan fingerprint density at radius 1 is 1.24 bits per heavy atom. The zero-order chi connectivity index (χ0) is 18.0. The summed E-state index contributed by atoms with van der Waals surface area (Å²) in [6.07, 6.45) is 2.94. The van der Waals surface area contributed by atoms with E-state index < -0.39 is 5.82 Å². The molecule has 0 radical (unpaired) electrons. The van der Waals surface area contributed by atoms with Gasteiger partial charge in [0.2, 0.25) is 11.9 Å². The van der Waals surface area contributed by atoms with Crippen LogP contribution in [0.3, 0.4) is 0 Å². The molecule has 1 amide bonds. The highest BCUT2D eigenvalue weighted by Gasteiger charge is 2.12. The summed E-state index contributed by atoms with van der Waals surface area (Å²) in [5, 5.41) is 11.5. The van der Waals surface area contributed by atoms with Crippen molar-refractivity contribution in [3.63, 3.8) is 0 Å². The lowest BCUT2D eigenvalue weighted by atomic mass is 10.2. The lowest BCUT2D eigenvalue weighted by molar-refractivity contribution is -0.116. The highest BCUT2D eigenvalue weighted by molar-refractivity contribution is 6.31. The number of rotatable bonds is 5. The van der Waals surface area contributed by atoms with Crippen LogP contribution >= 0.6 is 23.2 Å². The quantitative estimate of drug-likeness (QED) is 0.735. The van der Waals surface area contributed by atoms with Crippen LogP contribution in [-0.2, 0) is 17.9 Å². The van der Waals surface area contributed by atoms with Crippen LogP contribution in [0.15, 0.2) is 30.7 Å². The SMILES string of the molecule is Cc1nn(CC(=O)Nc2ncn(Cc3c(F)cccc3Cl)n2)cc1Cl. The average Bonchev–Trinajstić information content (AvgIpc) is 3.10. The molecule has 1 N–H and O–H groups in total. The fourth-order valence-electron chi connectivity index (χ4n) is 2.16. The largest absolute Gasteiger partial charge is 0.292 e. The van der Waals surface area contributed by atoms with E-state index >= 15 is 0 Å². The van der Waals surface area contributed by atoms with Crippen molar-refractivity contribution in [2.45, 2.75) is 20.0 Å². The standard InChI is InChI=1S/C15H13Cl2FN6O/c1-9-12(17)6-23(21-9)7-14(25)20-15-19-8-24(22-15)5-10-11(16)3-2-4-13(10)18/h2-4,6,8H,5,7H2,1H3,(H,20,22,25). The molecule has 7 nitrogen and oxygen atoms in total. The fraction of sp³-hybridized carbons (Fsp3) is 0.200. The zero-order valence-electron chi connectivity index (χ0n) is 13.1. The molecule has 3 rings (SSSR count). The highest BCUT2D eigenvalue weighted by atomic mass is 35.5. The number of hydrogen-bond donors (Lipinski definition) is 1. The monoisotopic (exact) mass is 382 g/mol. The van der Waals surface area contributed by atoms with Crippen molar-refractivity contribution in [2.75, 3.05) is 5.32 Å². The minimum atomic E-state index is -0.431. The number of halogens is 3. The first kappa shape index (κ1) is 17.4. The minimum absolute atomic E-state index is 0.0265. The molecule has 0 aliphatic heterocycles. The van der Waals surface area contributed by atoms with Gasteiger partial charge in [-0.15, -0.1) is 5.10 Å². The van der Waals surface area contributed by atoms with Gasteiger partial charge in [0.25, 0.3) is 0 Å². The molecule has 0 bridgehead atoms. The lowest BCUT2D eigenvalue weighted by Gasteiger charge is -2.05. The van der Waals surface area contributed by atoms with Gasteiger partial charge < -0.3 is 0 Å². The molecule has 2 heterocycles. The molecule has 1 aromatic carbocycles. The molecule has 0 fully saturated rings. The maximum Gasteiger partial charge on any atom is 0.248 e. The Labute approximate surface area is 152 Å². The summed E-state index contributed by atoms with van der Waals surface area (Å²) in [5.41, 5.74) is 0.937. The molecule has 130 valence electrons. The van der Waals surface area contributed by atoms with E-state index in [9.17, 15) is 9.18 Å². The predicted octanol–water partition coefficient (Wildman–Crippen LogP) is 2.92. The molecule has 0 saturated heterocycles. The summed E-state index contributed by atoms with van der Waals surface area (Å²) >= 11 is 11.9. The van der Waals surface area contributed by atoms with E-state index in [-0.39, 0.29) is 24.9 Å². The van der Waals surface area contributed by atoms with Gasteiger partial charge in [0.15, 0.2) is 0 Å². The van der Waals surface area contributed by atoms with Crippen LogP contribution in [0, 0.1) is 12.7 Å². The fourth-order valence-corrected chi connectivity index (χ4v) is 2.53. The Morgan fingerprint density at radius 3 is 2.72 bits per heavy atom. The minimum Gasteiger partial charge on any atom is -0.292 e. The van der Waals surface area contributed by atoms with Gasteiger partial charge >= 0.3 is 0 Å². The van der Waals surface area contributed by atoms with E-state index in [4.69, 9.17) is 23.2 Å². The van der Waals surface area contributed by atoms with Crippen molar-refractivity contribution in [1.29, 1.82) is 0 Å². The summed E-state index contributed by atoms with van der Waals surface area (Å²) < 4.78 is 16.6. The van der Waals surface area contributed by atoms with Gasteiger partial charge in [-0.3, -0.25) is 14.8 Å². The second-order valence-corrected chi connectivity index (χ2v) is 6.09. The number of aryl methyl sites for hydroxylation is 1. The number of anilines is 1. The average molecular weight is 383 g/mol. The van der Waals surface area contributed by atoms with Gasteiger partial charge in [0, 0.05) is 16.8 Å². The summed E-state index contributed by atoms with van der Waals surface area (Å²) in [5.74, 6) is -0.687. The Kier molecular flexibility index (Phi) is 5.00. The Bertz CT molecular complexity index is 883. The molecule has 3 aromatic rings. The Morgan fingerprint density at radius 2 is 2.04 bits per heavy atom. The van der Waals surface area contributed by atoms with Crippen molar-refractivity contribution < 1.29 is 9.18 Å². The first-order chi connectivity index (χ1) is 11.9. The second kappa shape index (κ2) is 7.20. The molecule has 0 saturated carbocycles. The van der Waals surface area contributed by atoms with Crippen molar-refractivity contribution in [3.8, 4) is 0 Å². The molecule has 0 spiro atoms. The van der Waals surface area contributed by atoms with Crippen LogP contribution in [0.1, 0.15) is 11.3 Å². The molecular formula is C15H13Cl2FN6O. The number of carbonyl (C=O) groups is 1. The lowest BCUT2D eigenvalue weighted by Crippen LogP contribution is -2.20. The van der Waals surface area contributed by atoms with Crippen LogP contribution in [0.5, 0.6) is 0 Å². The van der Waals surface area contributed by atoms with Crippen molar-refractivity contribution in [3.05, 3.63) is 57.8 Å². The molecule has 25 heavy (non-hydrogen) atoms. The summed E-state index contributed by atoms with van der Waals surface area (Å²) in [7, 11) is 0. The van der Waals surface area contributed by atoms with Gasteiger partial charge in [0.1, 0.15) is 18.7 Å². The van der Waals surface area contributed by atoms with E-state index in [2.05, 4.69) is 20.5 Å². The van der Waals surface area contributed by atoms with E-state index in [0.717, 1.165) is 0 Å². The first-order valence-corrected chi connectivity index (χ1v) is 7.99. The third-order valence-electron chi connectivity index (χ3n) is 3.36. The molecule has 10 heteroatoms. The number of benzene rings is 1. The van der Waals surface area contributed by atoms with Crippen LogP contribution in [0.2, 0.25) is 10.0 Å². The maximum absolute atomic E-state index is 13.8. The number of nitrogens with zero attached hydrogens (tertiary/aromatic N) is 5. The molecule has 0 aliphatic rings. The summed E-state index contributed by atoms with van der Waals surface area (Å²) in [4.78, 5) is 16.0. The molecule has 2 aromatic heterocycles. The second-order valence-electron chi connectivity index (χ2n) is 5.27. The molecule has 0 unspecified atom stereocenters. The van der Waals surface area contributed by atoms with Crippen molar-refractivity contribution in [2.24, 2.45) is 0 Å². The smallest absolute Gasteiger partial charge is 0.248 e. The van der Waals surface area contributed by atoms with Crippen LogP contribution in [0.4, 0.5) is 10.3 Å². The van der Waals surface area contributed by atoms with Crippen LogP contribution < -0.4 is 5.32 Å². The number of amides is 1. The predicted molar refractivity (Wildman–Crippen MR) is 91.1 cm³/mol. The van der Waals surface area contributed by atoms with Gasteiger partial charge in [0.05, 0.1) is 17.3 Å². The van der Waals surface area contributed by atoms with E-state index in [1.54, 1.807) is 19.2 Å². The van der Waals surface area contributed by atoms with Crippen molar-refractivity contribution in [1.82, 2.24) is 24.5 Å². The normalized spacial score (nSPS) is 10.9. The third kappa shape index (κ3) is 4.15. The number of hydrogen-bond acceptors (Lipinski definition) is 4. The third-order valence-corrected chi connectivity index (χ3v) is 4.09. The topological polar surface area (TPSA) is 77.6 Å². The zero-order valence-corrected chi connectivity index (χ0v) is 14.6. The van der Waals surface area contributed by atoms with E-state index in [0.29, 0.717) is 21.3 Å². The summed E-state index contributed by atoms with van der Waals surface area (Å²) in [6.45, 7) is 1.82. The molecule has 0 atom stereocenters. The van der Waals surface area contributed by atoms with Crippen molar-refractivity contribution >= 4 is 35.1 Å². The van der Waals surface area contributed by atoms with Crippen LogP contribution in [0.25, 0.3) is 0 Å². The van der Waals surface area contributed by atoms with Gasteiger partial charge in [-0.2, -0.15) is 5.10 Å². The van der Waals surface area contributed by atoms with Gasteiger partial charge in [-0.25, -0.2) is 14.1 Å². The van der Waals surface area contributed by atoms with Crippen LogP contribution in [-0.4, -0.2) is 30.5 Å². The molecule has 0 aliphatic carbocycles. The number of nitrogens with one attached hydrogen (secondary N) is 1. The highest BCUT2D eigenvalue weighted by Crippen LogP contribution is 2.19. The summed E-state index contributed by atoms with van der Waals surface area (Å²) in [6, 6.07) is 4.44. The maximum atomic E-state index is 13.8. The van der Waals surface area contributed by atoms with Gasteiger partial charge in [-0.05, 0) is 19.1 Å². The van der Waals surface area contributed by atoms with E-state index in [1.807, 2.05) is 0 Å². The Hall–Kier alpha value is -2.45. The van der Waals surface area contributed by atoms with Gasteiger partial charge in [-0.1, -0.05) is 29.3 Å². The first-order valence-electron chi connectivity index (χ1n) is 7.24. The Balaban J connectivity index is 1.64. The van der Waals surface area contributed by atoms with E-state index in [1.165, 1.54) is 27.8 Å². The number of aromatic nitrogens is 5. The number of carbonyl (C=O) groups excluding carboxylic acids is 1.